The predicted molar refractivity (Wildman–Crippen MR) is 123 cm³/mol. The van der Waals surface area contributed by atoms with Crippen LogP contribution in [0.2, 0.25) is 0 Å². The van der Waals surface area contributed by atoms with Gasteiger partial charge in [-0.1, -0.05) is 36.4 Å². The topological polar surface area (TPSA) is 90.8 Å². The van der Waals surface area contributed by atoms with Gasteiger partial charge in [-0.2, -0.15) is 9.78 Å². The van der Waals surface area contributed by atoms with E-state index in [9.17, 15) is 4.79 Å². The maximum Gasteiger partial charge on any atom is 0.269 e. The molecular weight excluding hydrogens is 402 g/mol. The molecule has 0 aliphatic carbocycles. The molecule has 0 bridgehead atoms. The number of hydrogen-bond donors (Lipinski definition) is 0. The Morgan fingerprint density at radius 2 is 1.62 bits per heavy atom. The fraction of sp³-hybridized carbons (Fsp3) is 0. The van der Waals surface area contributed by atoms with E-state index >= 15 is 0 Å². The van der Waals surface area contributed by atoms with Crippen molar-refractivity contribution in [2.24, 2.45) is 5.10 Å². The Kier molecular flexibility index (Phi) is 4.07. The largest absolute Gasteiger partial charge is 0.269 e. The van der Waals surface area contributed by atoms with Gasteiger partial charge in [-0.05, 0) is 30.3 Å². The smallest absolute Gasteiger partial charge is 0.268 e. The lowest BCUT2D eigenvalue weighted by atomic mass is 10.3. The Morgan fingerprint density at radius 3 is 2.41 bits per heavy atom. The standard InChI is InChI=1S/C24H15N7O/c32-24-20-21-23(29-19-11-5-4-10-18(19)28-21)31(27-14-16-7-6-12-25-13-16)22(20)26-15-30(24)17-8-2-1-3-9-17/h1-15H. The van der Waals surface area contributed by atoms with Crippen LogP contribution in [0.5, 0.6) is 0 Å². The fourth-order valence-electron chi connectivity index (χ4n) is 3.68. The van der Waals surface area contributed by atoms with Crippen LogP contribution in [-0.4, -0.2) is 35.4 Å². The van der Waals surface area contributed by atoms with E-state index in [1.54, 1.807) is 23.3 Å². The SMILES string of the molecule is O=c1c2c3nc4ccccc4nc3n(N=Cc3cccnc3)c2ncn1-c1ccccc1. The molecule has 0 amide bonds. The molecule has 0 saturated heterocycles. The van der Waals surface area contributed by atoms with Crippen molar-refractivity contribution in [2.75, 3.05) is 0 Å². The average molecular weight is 417 g/mol. The quantitative estimate of drug-likeness (QED) is 0.411. The van der Waals surface area contributed by atoms with Gasteiger partial charge in [0.25, 0.3) is 5.56 Å². The van der Waals surface area contributed by atoms with Crippen molar-refractivity contribution in [3.63, 3.8) is 0 Å². The molecule has 0 aliphatic rings. The molecule has 0 spiro atoms. The van der Waals surface area contributed by atoms with Crippen LogP contribution in [0, 0.1) is 0 Å². The lowest BCUT2D eigenvalue weighted by molar-refractivity contribution is 0.906. The van der Waals surface area contributed by atoms with Crippen LogP contribution in [0.15, 0.2) is 95.3 Å². The molecular formula is C24H15N7O. The number of rotatable bonds is 3. The van der Waals surface area contributed by atoms with E-state index in [1.807, 2.05) is 66.7 Å². The summed E-state index contributed by atoms with van der Waals surface area (Å²) < 4.78 is 3.07. The maximum absolute atomic E-state index is 13.5. The Balaban J connectivity index is 1.70. The van der Waals surface area contributed by atoms with Gasteiger partial charge in [0.05, 0.1) is 22.9 Å². The monoisotopic (exact) mass is 417 g/mol. The normalized spacial score (nSPS) is 11.8. The molecule has 4 heterocycles. The summed E-state index contributed by atoms with van der Waals surface area (Å²) in [5, 5.41) is 4.95. The molecule has 0 unspecified atom stereocenters. The molecule has 6 aromatic rings. The lowest BCUT2D eigenvalue weighted by Crippen LogP contribution is -2.18. The van der Waals surface area contributed by atoms with Crippen LogP contribution >= 0.6 is 0 Å². The number of pyridine rings is 1. The minimum Gasteiger partial charge on any atom is -0.268 e. The molecule has 8 nitrogen and oxygen atoms in total. The van der Waals surface area contributed by atoms with Crippen molar-refractivity contribution in [3.8, 4) is 5.69 Å². The summed E-state index contributed by atoms with van der Waals surface area (Å²) in [6.07, 6.45) is 6.57. The van der Waals surface area contributed by atoms with Crippen LogP contribution in [0.4, 0.5) is 0 Å². The molecule has 152 valence electrons. The Bertz CT molecular complexity index is 1690. The van der Waals surface area contributed by atoms with Crippen LogP contribution in [0.3, 0.4) is 0 Å². The maximum atomic E-state index is 13.5. The lowest BCUT2D eigenvalue weighted by Gasteiger charge is -2.04. The predicted octanol–water partition coefficient (Wildman–Crippen LogP) is 3.56. The van der Waals surface area contributed by atoms with Gasteiger partial charge in [-0.25, -0.2) is 15.0 Å². The van der Waals surface area contributed by atoms with Gasteiger partial charge in [-0.3, -0.25) is 14.3 Å². The highest BCUT2D eigenvalue weighted by Crippen LogP contribution is 2.25. The second kappa shape index (κ2) is 7.21. The number of para-hydroxylation sites is 3. The van der Waals surface area contributed by atoms with Crippen LogP contribution in [-0.2, 0) is 0 Å². The summed E-state index contributed by atoms with van der Waals surface area (Å²) in [4.78, 5) is 31.7. The third kappa shape index (κ3) is 2.85. The highest BCUT2D eigenvalue weighted by molar-refractivity contribution is 6.05. The third-order valence-corrected chi connectivity index (χ3v) is 5.18. The van der Waals surface area contributed by atoms with E-state index in [-0.39, 0.29) is 5.56 Å². The van der Waals surface area contributed by atoms with Gasteiger partial charge >= 0.3 is 0 Å². The summed E-state index contributed by atoms with van der Waals surface area (Å²) in [7, 11) is 0. The number of fused-ring (bicyclic) bond motifs is 4. The van der Waals surface area contributed by atoms with Crippen LogP contribution in [0.1, 0.15) is 5.56 Å². The van der Waals surface area contributed by atoms with Crippen molar-refractivity contribution in [2.45, 2.75) is 0 Å². The zero-order valence-electron chi connectivity index (χ0n) is 16.7. The highest BCUT2D eigenvalue weighted by atomic mass is 16.1. The minimum atomic E-state index is -0.230. The van der Waals surface area contributed by atoms with Crippen molar-refractivity contribution in [1.82, 2.24) is 29.2 Å². The van der Waals surface area contributed by atoms with E-state index in [0.717, 1.165) is 11.3 Å². The number of aromatic nitrogens is 6. The van der Waals surface area contributed by atoms with Gasteiger partial charge in [0, 0.05) is 18.0 Å². The Morgan fingerprint density at radius 1 is 0.844 bits per heavy atom. The summed E-state index contributed by atoms with van der Waals surface area (Å²) in [6, 6.07) is 20.6. The first-order valence-corrected chi connectivity index (χ1v) is 9.98. The van der Waals surface area contributed by atoms with Crippen molar-refractivity contribution in [3.05, 3.63) is 101 Å². The van der Waals surface area contributed by atoms with Crippen molar-refractivity contribution >= 4 is 39.4 Å². The van der Waals surface area contributed by atoms with E-state index in [2.05, 4.69) is 15.1 Å². The molecule has 0 atom stereocenters. The Labute approximate surface area is 181 Å². The molecule has 0 radical (unpaired) electrons. The summed E-state index contributed by atoms with van der Waals surface area (Å²) in [5.41, 5.74) is 4.04. The van der Waals surface area contributed by atoms with Crippen molar-refractivity contribution < 1.29 is 0 Å². The minimum absolute atomic E-state index is 0.230. The highest BCUT2D eigenvalue weighted by Gasteiger charge is 2.20. The second-order valence-electron chi connectivity index (χ2n) is 7.18. The summed E-state index contributed by atoms with van der Waals surface area (Å²) >= 11 is 0. The second-order valence-corrected chi connectivity index (χ2v) is 7.18. The fourth-order valence-corrected chi connectivity index (χ4v) is 3.68. The van der Waals surface area contributed by atoms with E-state index in [4.69, 9.17) is 9.97 Å². The number of benzene rings is 2. The van der Waals surface area contributed by atoms with Gasteiger partial charge in [0.1, 0.15) is 17.2 Å². The molecule has 6 rings (SSSR count). The molecule has 0 N–H and O–H groups in total. The van der Waals surface area contributed by atoms with Gasteiger partial charge in [0.2, 0.25) is 0 Å². The first kappa shape index (κ1) is 18.1. The molecule has 4 aromatic heterocycles. The first-order chi connectivity index (χ1) is 15.8. The molecule has 32 heavy (non-hydrogen) atoms. The first-order valence-electron chi connectivity index (χ1n) is 9.98. The zero-order valence-corrected chi connectivity index (χ0v) is 16.7. The van der Waals surface area contributed by atoms with Gasteiger partial charge in [-0.15, -0.1) is 0 Å². The molecule has 0 fully saturated rings. The number of hydrogen-bond acceptors (Lipinski definition) is 6. The van der Waals surface area contributed by atoms with E-state index in [1.165, 1.54) is 10.9 Å². The Hall–Kier alpha value is -4.72. The van der Waals surface area contributed by atoms with E-state index in [0.29, 0.717) is 33.2 Å². The third-order valence-electron chi connectivity index (χ3n) is 5.18. The summed E-state index contributed by atoms with van der Waals surface area (Å²) in [6.45, 7) is 0. The van der Waals surface area contributed by atoms with Gasteiger partial charge < -0.3 is 0 Å². The van der Waals surface area contributed by atoms with Crippen LogP contribution < -0.4 is 5.56 Å². The van der Waals surface area contributed by atoms with Crippen molar-refractivity contribution in [1.29, 1.82) is 0 Å². The van der Waals surface area contributed by atoms with E-state index < -0.39 is 0 Å². The molecule has 0 saturated carbocycles. The molecule has 2 aromatic carbocycles. The summed E-state index contributed by atoms with van der Waals surface area (Å²) in [5.74, 6) is 0. The number of nitrogens with zero attached hydrogens (tertiary/aromatic N) is 7. The molecule has 8 heteroatoms. The van der Waals surface area contributed by atoms with Gasteiger partial charge in [0.15, 0.2) is 11.3 Å². The van der Waals surface area contributed by atoms with Crippen LogP contribution in [0.25, 0.3) is 38.9 Å². The molecule has 0 aliphatic heterocycles. The zero-order chi connectivity index (χ0) is 21.5. The average Bonchev–Trinajstić information content (AvgIpc) is 3.16.